The lowest BCUT2D eigenvalue weighted by Crippen LogP contribution is -2.30. The summed E-state index contributed by atoms with van der Waals surface area (Å²) >= 11 is 0. The van der Waals surface area contributed by atoms with Gasteiger partial charge in [-0.25, -0.2) is 0 Å². The van der Waals surface area contributed by atoms with Crippen LogP contribution in [0, 0.1) is 0 Å². The standard InChI is InChI=1S/C60H92O6/c1-4-7-10-13-16-19-22-25-27-29-30-31-33-35-38-41-44-47-50-53-59(62)65-56-57(55-64-58(61)52-49-46-43-40-37-34-24-21-18-15-12-9-6-3)66-60(63)54-51-48-45-42-39-36-32-28-26-23-20-17-14-11-8-5-2/h7-12,15-21,24-28,30-31,34,36-37,39,57H,4-6,13-14,22-23,29,32-33,35,38,40-56H2,1-3H3/b10-7+,11-8+,12-9+,18-15+,19-16+,20-17+,24-21+,27-25+,28-26+,31-30+,37-34+,39-36+. The van der Waals surface area contributed by atoms with Gasteiger partial charge in [-0.15, -0.1) is 0 Å². The lowest BCUT2D eigenvalue weighted by Gasteiger charge is -2.18. The normalized spacial score (nSPS) is 13.3. The Hall–Kier alpha value is -4.71. The minimum atomic E-state index is -0.823. The van der Waals surface area contributed by atoms with Gasteiger partial charge in [-0.05, 0) is 116 Å². The van der Waals surface area contributed by atoms with Crippen LogP contribution in [0.5, 0.6) is 0 Å². The number of allylic oxidation sites excluding steroid dienone is 24. The van der Waals surface area contributed by atoms with Crippen molar-refractivity contribution in [3.63, 3.8) is 0 Å². The first-order chi connectivity index (χ1) is 32.5. The van der Waals surface area contributed by atoms with Gasteiger partial charge in [0.15, 0.2) is 6.10 Å². The Morgan fingerprint density at radius 3 is 1.05 bits per heavy atom. The van der Waals surface area contributed by atoms with Crippen molar-refractivity contribution < 1.29 is 28.6 Å². The van der Waals surface area contributed by atoms with Gasteiger partial charge >= 0.3 is 17.9 Å². The molecule has 0 aliphatic rings. The predicted molar refractivity (Wildman–Crippen MR) is 283 cm³/mol. The molecule has 0 aromatic carbocycles. The molecule has 0 aromatic heterocycles. The van der Waals surface area contributed by atoms with E-state index in [-0.39, 0.29) is 37.5 Å². The summed E-state index contributed by atoms with van der Waals surface area (Å²) in [6, 6.07) is 0. The Balaban J connectivity index is 4.54. The fourth-order valence-electron chi connectivity index (χ4n) is 6.37. The SMILES string of the molecule is CC/C=C/C=C/C=C/C=C/CCCCCC(=O)OCC(COC(=O)CCCCCCCC/C=C/C/C=C/C/C=C/C/C=C/CC)OC(=O)CCCCC/C=C/C/C=C/C/C=C/C/C=C/CC. The van der Waals surface area contributed by atoms with Crippen LogP contribution in [-0.2, 0) is 28.6 Å². The molecule has 0 heterocycles. The molecule has 0 radical (unpaired) electrons. The summed E-state index contributed by atoms with van der Waals surface area (Å²) in [5.41, 5.74) is 0. The van der Waals surface area contributed by atoms with Crippen LogP contribution in [0.15, 0.2) is 146 Å². The zero-order valence-corrected chi connectivity index (χ0v) is 41.9. The molecule has 0 bridgehead atoms. The van der Waals surface area contributed by atoms with Crippen molar-refractivity contribution in [1.29, 1.82) is 0 Å². The second-order valence-electron chi connectivity index (χ2n) is 16.4. The van der Waals surface area contributed by atoms with Crippen LogP contribution < -0.4 is 0 Å². The van der Waals surface area contributed by atoms with Gasteiger partial charge in [-0.2, -0.15) is 0 Å². The quantitative estimate of drug-likeness (QED) is 0.0199. The molecule has 0 aliphatic carbocycles. The van der Waals surface area contributed by atoms with Gasteiger partial charge in [-0.3, -0.25) is 14.4 Å². The molecule has 0 fully saturated rings. The van der Waals surface area contributed by atoms with E-state index in [1.54, 1.807) is 0 Å². The third-order valence-corrected chi connectivity index (χ3v) is 10.2. The van der Waals surface area contributed by atoms with Crippen molar-refractivity contribution in [2.75, 3.05) is 13.2 Å². The highest BCUT2D eigenvalue weighted by molar-refractivity contribution is 5.71. The van der Waals surface area contributed by atoms with Crippen LogP contribution in [0.25, 0.3) is 0 Å². The Morgan fingerprint density at radius 1 is 0.318 bits per heavy atom. The summed E-state index contributed by atoms with van der Waals surface area (Å²) in [6.45, 7) is 6.17. The van der Waals surface area contributed by atoms with Crippen molar-refractivity contribution in [2.24, 2.45) is 0 Å². The van der Waals surface area contributed by atoms with Crippen molar-refractivity contribution >= 4 is 17.9 Å². The van der Waals surface area contributed by atoms with Crippen LogP contribution in [0.1, 0.15) is 194 Å². The van der Waals surface area contributed by atoms with E-state index in [0.29, 0.717) is 19.3 Å². The van der Waals surface area contributed by atoms with Gasteiger partial charge in [-0.1, -0.05) is 205 Å². The van der Waals surface area contributed by atoms with Gasteiger partial charge in [0.2, 0.25) is 0 Å². The Bertz CT molecular complexity index is 1510. The summed E-state index contributed by atoms with van der Waals surface area (Å²) in [4.78, 5) is 38.0. The Morgan fingerprint density at radius 2 is 0.621 bits per heavy atom. The molecule has 0 rings (SSSR count). The summed E-state index contributed by atoms with van der Waals surface area (Å²) in [6.07, 6.45) is 75.4. The molecular weight excluding hydrogens is 817 g/mol. The lowest BCUT2D eigenvalue weighted by molar-refractivity contribution is -0.167. The van der Waals surface area contributed by atoms with Crippen molar-refractivity contribution in [2.45, 2.75) is 200 Å². The van der Waals surface area contributed by atoms with Gasteiger partial charge in [0.25, 0.3) is 0 Å². The fourth-order valence-corrected chi connectivity index (χ4v) is 6.37. The van der Waals surface area contributed by atoms with Gasteiger partial charge in [0, 0.05) is 19.3 Å². The highest BCUT2D eigenvalue weighted by Crippen LogP contribution is 2.12. The molecule has 1 atom stereocenters. The second-order valence-corrected chi connectivity index (χ2v) is 16.4. The largest absolute Gasteiger partial charge is 0.462 e. The molecule has 0 aliphatic heterocycles. The van der Waals surface area contributed by atoms with Gasteiger partial charge < -0.3 is 14.2 Å². The topological polar surface area (TPSA) is 78.9 Å². The molecule has 0 spiro atoms. The van der Waals surface area contributed by atoms with E-state index < -0.39 is 6.10 Å². The van der Waals surface area contributed by atoms with Crippen molar-refractivity contribution in [1.82, 2.24) is 0 Å². The predicted octanol–water partition coefficient (Wildman–Crippen LogP) is 17.3. The first-order valence-corrected chi connectivity index (χ1v) is 25.9. The minimum absolute atomic E-state index is 0.118. The second kappa shape index (κ2) is 52.9. The van der Waals surface area contributed by atoms with Gasteiger partial charge in [0.05, 0.1) is 0 Å². The molecule has 0 saturated heterocycles. The van der Waals surface area contributed by atoms with Crippen LogP contribution in [0.2, 0.25) is 0 Å². The first-order valence-electron chi connectivity index (χ1n) is 25.9. The molecular formula is C60H92O6. The maximum atomic E-state index is 12.8. The number of esters is 3. The summed E-state index contributed by atoms with van der Waals surface area (Å²) in [5, 5.41) is 0. The van der Waals surface area contributed by atoms with E-state index in [1.807, 2.05) is 36.5 Å². The number of unbranched alkanes of at least 4 members (excludes halogenated alkanes) is 12. The van der Waals surface area contributed by atoms with E-state index >= 15 is 0 Å². The number of ether oxygens (including phenoxy) is 3. The van der Waals surface area contributed by atoms with E-state index in [2.05, 4.69) is 130 Å². The molecule has 6 heteroatoms. The van der Waals surface area contributed by atoms with Crippen LogP contribution in [0.3, 0.4) is 0 Å². The van der Waals surface area contributed by atoms with Crippen LogP contribution >= 0.6 is 0 Å². The van der Waals surface area contributed by atoms with E-state index in [0.717, 1.165) is 135 Å². The molecule has 66 heavy (non-hydrogen) atoms. The average Bonchev–Trinajstić information content (AvgIpc) is 3.31. The molecule has 0 amide bonds. The molecule has 0 N–H and O–H groups in total. The summed E-state index contributed by atoms with van der Waals surface area (Å²) in [5.74, 6) is -1.01. The third kappa shape index (κ3) is 50.3. The first kappa shape index (κ1) is 61.3. The number of carbonyl (C=O) groups is 3. The highest BCUT2D eigenvalue weighted by atomic mass is 16.6. The van der Waals surface area contributed by atoms with E-state index in [1.165, 1.54) is 12.8 Å². The highest BCUT2D eigenvalue weighted by Gasteiger charge is 2.19. The Labute approximate surface area is 404 Å². The summed E-state index contributed by atoms with van der Waals surface area (Å²) in [7, 11) is 0. The van der Waals surface area contributed by atoms with Crippen molar-refractivity contribution in [3.8, 4) is 0 Å². The average molecular weight is 909 g/mol. The van der Waals surface area contributed by atoms with Crippen LogP contribution in [-0.4, -0.2) is 37.2 Å². The molecule has 6 nitrogen and oxygen atoms in total. The zero-order valence-electron chi connectivity index (χ0n) is 41.9. The van der Waals surface area contributed by atoms with Crippen LogP contribution in [0.4, 0.5) is 0 Å². The fraction of sp³-hybridized carbons (Fsp3) is 0.550. The number of carbonyl (C=O) groups excluding carboxylic acids is 3. The minimum Gasteiger partial charge on any atom is -0.462 e. The smallest absolute Gasteiger partial charge is 0.306 e. The third-order valence-electron chi connectivity index (χ3n) is 10.2. The van der Waals surface area contributed by atoms with E-state index in [4.69, 9.17) is 14.2 Å². The summed E-state index contributed by atoms with van der Waals surface area (Å²) < 4.78 is 16.7. The number of hydrogen-bond acceptors (Lipinski definition) is 6. The maximum Gasteiger partial charge on any atom is 0.306 e. The number of hydrogen-bond donors (Lipinski definition) is 0. The lowest BCUT2D eigenvalue weighted by atomic mass is 10.1. The zero-order chi connectivity index (χ0) is 47.9. The van der Waals surface area contributed by atoms with Gasteiger partial charge in [0.1, 0.15) is 13.2 Å². The molecule has 0 aromatic rings. The molecule has 0 saturated carbocycles. The molecule has 1 unspecified atom stereocenters. The maximum absolute atomic E-state index is 12.8. The monoisotopic (exact) mass is 909 g/mol. The Kier molecular flexibility index (Phi) is 49.1. The molecule has 368 valence electrons. The van der Waals surface area contributed by atoms with Crippen molar-refractivity contribution in [3.05, 3.63) is 146 Å². The number of rotatable bonds is 44. The van der Waals surface area contributed by atoms with E-state index in [9.17, 15) is 14.4 Å².